The molecule has 0 saturated heterocycles. The number of rotatable bonds is 6. The molecule has 0 saturated carbocycles. The molecule has 8 nitrogen and oxygen atoms in total. The Bertz CT molecular complexity index is 1470. The standard InChI is InChI=1S/C30H26N6O2/c1-35(2)21-15-11-19(12-16-21)31-33-25-9-5-7-23-27(25)29(37)24-8-6-10-26(28(24)30(23)38)34-32-20-13-17-22(18-14-20)36(3)4/h5-18H,1-4H3. The molecule has 0 radical (unpaired) electrons. The molecule has 0 fully saturated rings. The molecule has 0 atom stereocenters. The van der Waals surface area contributed by atoms with Crippen molar-refractivity contribution in [3.8, 4) is 0 Å². The third-order valence-electron chi connectivity index (χ3n) is 6.31. The van der Waals surface area contributed by atoms with Gasteiger partial charge >= 0.3 is 0 Å². The third-order valence-corrected chi connectivity index (χ3v) is 6.31. The van der Waals surface area contributed by atoms with Gasteiger partial charge in [-0.1, -0.05) is 24.3 Å². The molecule has 1 aliphatic rings. The van der Waals surface area contributed by atoms with Gasteiger partial charge in [-0.2, -0.15) is 10.2 Å². The second-order valence-electron chi connectivity index (χ2n) is 9.28. The van der Waals surface area contributed by atoms with E-state index in [-0.39, 0.29) is 33.8 Å². The van der Waals surface area contributed by atoms with Crippen LogP contribution in [-0.2, 0) is 0 Å². The van der Waals surface area contributed by atoms with Crippen LogP contribution in [0.15, 0.2) is 105 Å². The maximum atomic E-state index is 13.6. The smallest absolute Gasteiger partial charge is 0.196 e. The van der Waals surface area contributed by atoms with Gasteiger partial charge < -0.3 is 9.80 Å². The average molecular weight is 503 g/mol. The van der Waals surface area contributed by atoms with Crippen molar-refractivity contribution in [1.29, 1.82) is 0 Å². The van der Waals surface area contributed by atoms with Crippen LogP contribution in [-0.4, -0.2) is 39.8 Å². The lowest BCUT2D eigenvalue weighted by Crippen LogP contribution is -2.21. The molecule has 0 spiro atoms. The molecule has 0 aromatic heterocycles. The van der Waals surface area contributed by atoms with Gasteiger partial charge in [0.2, 0.25) is 0 Å². The summed E-state index contributed by atoms with van der Waals surface area (Å²) < 4.78 is 0. The van der Waals surface area contributed by atoms with Crippen LogP contribution in [0.2, 0.25) is 0 Å². The molecule has 38 heavy (non-hydrogen) atoms. The van der Waals surface area contributed by atoms with Gasteiger partial charge in [-0.05, 0) is 60.7 Å². The summed E-state index contributed by atoms with van der Waals surface area (Å²) in [5.41, 5.74) is 5.09. The minimum atomic E-state index is -0.292. The largest absolute Gasteiger partial charge is 0.378 e. The number of nitrogens with zero attached hydrogens (tertiary/aromatic N) is 6. The van der Waals surface area contributed by atoms with Crippen molar-refractivity contribution in [1.82, 2.24) is 0 Å². The predicted octanol–water partition coefficient (Wildman–Crippen LogP) is 7.42. The van der Waals surface area contributed by atoms with Crippen molar-refractivity contribution < 1.29 is 9.59 Å². The maximum absolute atomic E-state index is 13.6. The van der Waals surface area contributed by atoms with Gasteiger partial charge in [0.1, 0.15) is 0 Å². The van der Waals surface area contributed by atoms with Gasteiger partial charge in [0.25, 0.3) is 0 Å². The number of benzene rings is 4. The summed E-state index contributed by atoms with van der Waals surface area (Å²) in [6, 6.07) is 25.2. The molecular formula is C30H26N6O2. The lowest BCUT2D eigenvalue weighted by atomic mass is 9.82. The zero-order chi connectivity index (χ0) is 26.8. The highest BCUT2D eigenvalue weighted by Crippen LogP contribution is 2.38. The first kappa shape index (κ1) is 24.7. The molecule has 5 rings (SSSR count). The number of azo groups is 2. The van der Waals surface area contributed by atoms with Gasteiger partial charge in [-0.25, -0.2) is 0 Å². The maximum Gasteiger partial charge on any atom is 0.196 e. The zero-order valence-corrected chi connectivity index (χ0v) is 21.6. The SMILES string of the molecule is CN(C)c1ccc(N=Nc2cccc3c2C(=O)c2cccc(N=Nc4ccc(N(C)C)cc4)c2C3=O)cc1. The van der Waals surface area contributed by atoms with E-state index < -0.39 is 0 Å². The monoisotopic (exact) mass is 502 g/mol. The number of fused-ring (bicyclic) bond motifs is 2. The van der Waals surface area contributed by atoms with Crippen LogP contribution in [0.3, 0.4) is 0 Å². The quantitative estimate of drug-likeness (QED) is 0.226. The van der Waals surface area contributed by atoms with Gasteiger partial charge in [0.05, 0.1) is 33.9 Å². The Labute approximate surface area is 221 Å². The molecule has 4 aromatic rings. The van der Waals surface area contributed by atoms with E-state index in [1.807, 2.05) is 86.5 Å². The average Bonchev–Trinajstić information content (AvgIpc) is 2.93. The third kappa shape index (κ3) is 4.71. The Balaban J connectivity index is 1.47. The van der Waals surface area contributed by atoms with E-state index in [1.54, 1.807) is 36.4 Å². The van der Waals surface area contributed by atoms with Gasteiger partial charge in [0.15, 0.2) is 11.6 Å². The van der Waals surface area contributed by atoms with E-state index in [1.165, 1.54) is 0 Å². The summed E-state index contributed by atoms with van der Waals surface area (Å²) in [6.45, 7) is 0. The molecule has 0 aliphatic heterocycles. The Morgan fingerprint density at radius 1 is 0.474 bits per heavy atom. The number of anilines is 2. The van der Waals surface area contributed by atoms with E-state index >= 15 is 0 Å². The highest BCUT2D eigenvalue weighted by Gasteiger charge is 2.33. The summed E-state index contributed by atoms with van der Waals surface area (Å²) >= 11 is 0. The number of carbonyl (C=O) groups is 2. The fourth-order valence-electron chi connectivity index (χ4n) is 4.23. The minimum Gasteiger partial charge on any atom is -0.378 e. The molecule has 4 aromatic carbocycles. The van der Waals surface area contributed by atoms with Gasteiger partial charge in [0, 0.05) is 50.7 Å². The molecule has 1 aliphatic carbocycles. The van der Waals surface area contributed by atoms with E-state index in [2.05, 4.69) is 20.5 Å². The molecule has 0 amide bonds. The molecule has 188 valence electrons. The molecular weight excluding hydrogens is 476 g/mol. The first-order chi connectivity index (χ1) is 18.3. The van der Waals surface area contributed by atoms with Crippen LogP contribution in [0.1, 0.15) is 31.8 Å². The van der Waals surface area contributed by atoms with E-state index in [0.29, 0.717) is 22.7 Å². The van der Waals surface area contributed by atoms with Gasteiger partial charge in [-0.3, -0.25) is 9.59 Å². The normalized spacial score (nSPS) is 12.6. The zero-order valence-electron chi connectivity index (χ0n) is 21.6. The number of carbonyl (C=O) groups excluding carboxylic acids is 2. The van der Waals surface area contributed by atoms with Crippen molar-refractivity contribution in [2.45, 2.75) is 0 Å². The van der Waals surface area contributed by atoms with Crippen LogP contribution >= 0.6 is 0 Å². The Kier molecular flexibility index (Phi) is 6.62. The van der Waals surface area contributed by atoms with E-state index in [4.69, 9.17) is 0 Å². The van der Waals surface area contributed by atoms with Crippen molar-refractivity contribution >= 4 is 45.7 Å². The van der Waals surface area contributed by atoms with Gasteiger partial charge in [-0.15, -0.1) is 10.2 Å². The lowest BCUT2D eigenvalue weighted by molar-refractivity contribution is 0.0980. The van der Waals surface area contributed by atoms with Crippen LogP contribution in [0.25, 0.3) is 0 Å². The topological polar surface area (TPSA) is 90.1 Å². The molecule has 0 heterocycles. The summed E-state index contributed by atoms with van der Waals surface area (Å²) in [4.78, 5) is 31.2. The van der Waals surface area contributed by atoms with Crippen LogP contribution in [0.5, 0.6) is 0 Å². The highest BCUT2D eigenvalue weighted by atomic mass is 16.1. The van der Waals surface area contributed by atoms with E-state index in [9.17, 15) is 9.59 Å². The first-order valence-corrected chi connectivity index (χ1v) is 12.1. The van der Waals surface area contributed by atoms with Crippen molar-refractivity contribution in [3.05, 3.63) is 107 Å². The van der Waals surface area contributed by atoms with Crippen molar-refractivity contribution in [2.24, 2.45) is 20.5 Å². The Morgan fingerprint density at radius 3 is 1.18 bits per heavy atom. The molecule has 0 N–H and O–H groups in total. The minimum absolute atomic E-state index is 0.243. The first-order valence-electron chi connectivity index (χ1n) is 12.1. The Morgan fingerprint density at radius 2 is 0.842 bits per heavy atom. The lowest BCUT2D eigenvalue weighted by Gasteiger charge is -2.19. The summed E-state index contributed by atoms with van der Waals surface area (Å²) in [6.07, 6.45) is 0. The summed E-state index contributed by atoms with van der Waals surface area (Å²) in [5, 5.41) is 17.3. The highest BCUT2D eigenvalue weighted by molar-refractivity contribution is 6.31. The van der Waals surface area contributed by atoms with Crippen LogP contribution in [0, 0.1) is 0 Å². The second-order valence-corrected chi connectivity index (χ2v) is 9.28. The molecule has 0 bridgehead atoms. The number of ketones is 2. The summed E-state index contributed by atoms with van der Waals surface area (Å²) in [5.74, 6) is -0.584. The number of hydrogen-bond acceptors (Lipinski definition) is 8. The Hall–Kier alpha value is -4.98. The van der Waals surface area contributed by atoms with E-state index in [0.717, 1.165) is 11.4 Å². The molecule has 8 heteroatoms. The van der Waals surface area contributed by atoms with Crippen LogP contribution in [0.4, 0.5) is 34.1 Å². The second kappa shape index (κ2) is 10.2. The molecule has 0 unspecified atom stereocenters. The fourth-order valence-corrected chi connectivity index (χ4v) is 4.23. The summed E-state index contributed by atoms with van der Waals surface area (Å²) in [7, 11) is 7.84. The van der Waals surface area contributed by atoms with Crippen molar-refractivity contribution in [2.75, 3.05) is 38.0 Å². The predicted molar refractivity (Wildman–Crippen MR) is 150 cm³/mol. The van der Waals surface area contributed by atoms with Crippen LogP contribution < -0.4 is 9.80 Å². The number of hydrogen-bond donors (Lipinski definition) is 0. The fraction of sp³-hybridized carbons (Fsp3) is 0.133. The van der Waals surface area contributed by atoms with Crippen molar-refractivity contribution in [3.63, 3.8) is 0 Å².